The minimum Gasteiger partial charge on any atom is -0.491 e. The second kappa shape index (κ2) is 9.08. The van der Waals surface area contributed by atoms with Crippen LogP contribution in [0, 0.1) is 6.92 Å². The normalized spacial score (nSPS) is 10.9. The van der Waals surface area contributed by atoms with Crippen LogP contribution in [-0.4, -0.2) is 34.7 Å². The van der Waals surface area contributed by atoms with E-state index in [1.54, 1.807) is 12.1 Å². The van der Waals surface area contributed by atoms with Gasteiger partial charge in [0.1, 0.15) is 10.5 Å². The molecule has 0 atom stereocenters. The van der Waals surface area contributed by atoms with Gasteiger partial charge in [-0.05, 0) is 48.4 Å². The van der Waals surface area contributed by atoms with Gasteiger partial charge >= 0.3 is 5.69 Å². The molecule has 9 nitrogen and oxygen atoms in total. The Bertz CT molecular complexity index is 1490. The van der Waals surface area contributed by atoms with Crippen LogP contribution in [0.5, 0.6) is 11.6 Å². The van der Waals surface area contributed by atoms with Gasteiger partial charge in [0.15, 0.2) is 5.75 Å². The molecule has 1 aromatic carbocycles. The van der Waals surface area contributed by atoms with Crippen molar-refractivity contribution in [2.24, 2.45) is 0 Å². The van der Waals surface area contributed by atoms with E-state index < -0.39 is 11.2 Å². The fourth-order valence-corrected chi connectivity index (χ4v) is 4.48. The fourth-order valence-electron chi connectivity index (χ4n) is 3.29. The first-order valence-corrected chi connectivity index (χ1v) is 10.9. The topological polar surface area (TPSA) is 115 Å². The molecule has 0 spiro atoms. The van der Waals surface area contributed by atoms with E-state index in [0.717, 1.165) is 27.0 Å². The minimum atomic E-state index is -0.686. The number of amides is 1. The highest BCUT2D eigenvalue weighted by Crippen LogP contribution is 2.25. The number of H-pyrrole nitrogens is 1. The maximum absolute atomic E-state index is 13.1. The predicted octanol–water partition coefficient (Wildman–Crippen LogP) is 3.04. The van der Waals surface area contributed by atoms with Gasteiger partial charge < -0.3 is 19.8 Å². The van der Waals surface area contributed by atoms with Crippen LogP contribution < -0.4 is 26.0 Å². The van der Waals surface area contributed by atoms with Crippen LogP contribution in [-0.2, 0) is 6.54 Å². The van der Waals surface area contributed by atoms with E-state index in [0.29, 0.717) is 22.2 Å². The highest BCUT2D eigenvalue weighted by atomic mass is 35.5. The van der Waals surface area contributed by atoms with Gasteiger partial charge in [0, 0.05) is 11.6 Å². The molecule has 4 aromatic rings. The van der Waals surface area contributed by atoms with E-state index in [4.69, 9.17) is 21.1 Å². The number of aryl methyl sites for hydroxylation is 1. The molecule has 0 aliphatic heterocycles. The number of thiophene rings is 1. The van der Waals surface area contributed by atoms with Crippen molar-refractivity contribution in [1.82, 2.24) is 19.9 Å². The zero-order valence-corrected chi connectivity index (χ0v) is 19.5. The van der Waals surface area contributed by atoms with Crippen LogP contribution in [0.1, 0.15) is 20.8 Å². The Hall–Kier alpha value is -3.63. The summed E-state index contributed by atoms with van der Waals surface area (Å²) in [5.74, 6) is 0.197. The van der Waals surface area contributed by atoms with Gasteiger partial charge in [-0.25, -0.2) is 9.36 Å². The Balaban J connectivity index is 1.67. The molecule has 3 aromatic heterocycles. The van der Waals surface area contributed by atoms with Crippen LogP contribution in [0.15, 0.2) is 46.0 Å². The smallest absolute Gasteiger partial charge is 0.334 e. The molecule has 3 heterocycles. The molecular weight excluding hydrogens is 468 g/mol. The number of ether oxygens (including phenoxy) is 2. The summed E-state index contributed by atoms with van der Waals surface area (Å²) in [7, 11) is 2.86. The molecule has 0 fully saturated rings. The number of pyridine rings is 1. The van der Waals surface area contributed by atoms with E-state index in [2.05, 4.69) is 15.3 Å². The third-order valence-electron chi connectivity index (χ3n) is 4.99. The number of nitrogens with one attached hydrogen (secondary N) is 2. The molecule has 1 amide bonds. The quantitative estimate of drug-likeness (QED) is 0.433. The molecule has 33 heavy (non-hydrogen) atoms. The summed E-state index contributed by atoms with van der Waals surface area (Å²) in [6, 6.07) is 9.92. The van der Waals surface area contributed by atoms with Crippen molar-refractivity contribution in [3.05, 3.63) is 78.3 Å². The number of aromatic amines is 1. The summed E-state index contributed by atoms with van der Waals surface area (Å²) < 4.78 is 11.4. The monoisotopic (exact) mass is 486 g/mol. The number of nitrogens with zero attached hydrogens (tertiary/aromatic N) is 2. The standard InChI is InChI=1S/C22H19ClN4O5S/c1-11-8-13(23)5-4-12(11)10-24-19(28)16-9-14-18(33-16)21(29)27(22(30)25-14)17-7-6-15(31-2)20(26-17)32-3/h4-9H,10H2,1-3H3,(H,24,28)(H,25,30). The first-order valence-electron chi connectivity index (χ1n) is 9.74. The number of carbonyl (C=O) groups excluding carboxylic acids is 1. The molecule has 0 bridgehead atoms. The average Bonchev–Trinajstić information content (AvgIpc) is 3.22. The van der Waals surface area contributed by atoms with Crippen LogP contribution in [0.2, 0.25) is 5.02 Å². The zero-order valence-electron chi connectivity index (χ0n) is 17.9. The third kappa shape index (κ3) is 4.35. The Morgan fingerprint density at radius 2 is 1.97 bits per heavy atom. The molecule has 11 heteroatoms. The highest BCUT2D eigenvalue weighted by molar-refractivity contribution is 7.20. The first kappa shape index (κ1) is 22.6. The SMILES string of the molecule is COc1ccc(-n2c(=O)[nH]c3cc(C(=O)NCc4ccc(Cl)cc4C)sc3c2=O)nc1OC. The van der Waals surface area contributed by atoms with E-state index in [9.17, 15) is 14.4 Å². The number of carbonyl (C=O) groups is 1. The first-order chi connectivity index (χ1) is 15.8. The number of methoxy groups -OCH3 is 2. The molecule has 2 N–H and O–H groups in total. The van der Waals surface area contributed by atoms with E-state index in [1.807, 2.05) is 19.1 Å². The number of halogens is 1. The number of aromatic nitrogens is 3. The predicted molar refractivity (Wildman–Crippen MR) is 126 cm³/mol. The molecule has 0 aliphatic rings. The van der Waals surface area contributed by atoms with Gasteiger partial charge in [0.25, 0.3) is 17.3 Å². The lowest BCUT2D eigenvalue weighted by molar-refractivity contribution is 0.0955. The summed E-state index contributed by atoms with van der Waals surface area (Å²) in [4.78, 5) is 45.6. The number of hydrogen-bond donors (Lipinski definition) is 2. The Morgan fingerprint density at radius 3 is 2.67 bits per heavy atom. The van der Waals surface area contributed by atoms with Crippen LogP contribution in [0.3, 0.4) is 0 Å². The van der Waals surface area contributed by atoms with Crippen molar-refractivity contribution in [3.8, 4) is 17.4 Å². The lowest BCUT2D eigenvalue weighted by Gasteiger charge is -2.09. The largest absolute Gasteiger partial charge is 0.491 e. The summed E-state index contributed by atoms with van der Waals surface area (Å²) in [6.07, 6.45) is 0. The van der Waals surface area contributed by atoms with Gasteiger partial charge in [0.05, 0.1) is 24.6 Å². The molecular formula is C22H19ClN4O5S. The van der Waals surface area contributed by atoms with E-state index >= 15 is 0 Å². The van der Waals surface area contributed by atoms with E-state index in [1.165, 1.54) is 26.4 Å². The summed E-state index contributed by atoms with van der Waals surface area (Å²) >= 11 is 6.96. The lowest BCUT2D eigenvalue weighted by atomic mass is 10.1. The zero-order chi connectivity index (χ0) is 23.7. The van der Waals surface area contributed by atoms with Crippen molar-refractivity contribution in [1.29, 1.82) is 0 Å². The molecule has 0 radical (unpaired) electrons. The van der Waals surface area contributed by atoms with Gasteiger partial charge in [-0.15, -0.1) is 11.3 Å². The Morgan fingerprint density at radius 1 is 1.18 bits per heavy atom. The second-order valence-corrected chi connectivity index (χ2v) is 8.55. The lowest BCUT2D eigenvalue weighted by Crippen LogP contribution is -2.33. The fraction of sp³-hybridized carbons (Fsp3) is 0.182. The van der Waals surface area contributed by atoms with Gasteiger partial charge in [-0.2, -0.15) is 4.98 Å². The van der Waals surface area contributed by atoms with Crippen molar-refractivity contribution < 1.29 is 14.3 Å². The van der Waals surface area contributed by atoms with Crippen LogP contribution >= 0.6 is 22.9 Å². The Labute approximate surface area is 196 Å². The molecule has 0 saturated heterocycles. The third-order valence-corrected chi connectivity index (χ3v) is 6.35. The number of hydrogen-bond acceptors (Lipinski definition) is 7. The van der Waals surface area contributed by atoms with Crippen molar-refractivity contribution in [3.63, 3.8) is 0 Å². The maximum atomic E-state index is 13.1. The molecule has 0 unspecified atom stereocenters. The Kier molecular flexibility index (Phi) is 6.21. The van der Waals surface area contributed by atoms with Gasteiger partial charge in [0.2, 0.25) is 0 Å². The van der Waals surface area contributed by atoms with Gasteiger partial charge in [-0.3, -0.25) is 9.59 Å². The van der Waals surface area contributed by atoms with Crippen LogP contribution in [0.25, 0.3) is 16.0 Å². The summed E-state index contributed by atoms with van der Waals surface area (Å²) in [5.41, 5.74) is 0.873. The molecule has 0 aliphatic carbocycles. The highest BCUT2D eigenvalue weighted by Gasteiger charge is 2.18. The maximum Gasteiger partial charge on any atom is 0.334 e. The molecule has 0 saturated carbocycles. The summed E-state index contributed by atoms with van der Waals surface area (Å²) in [5, 5.41) is 3.45. The van der Waals surface area contributed by atoms with Crippen molar-refractivity contribution in [2.75, 3.05) is 14.2 Å². The van der Waals surface area contributed by atoms with Crippen LogP contribution in [0.4, 0.5) is 0 Å². The second-order valence-electron chi connectivity index (χ2n) is 7.06. The summed E-state index contributed by atoms with van der Waals surface area (Å²) in [6.45, 7) is 2.20. The van der Waals surface area contributed by atoms with Crippen molar-refractivity contribution in [2.45, 2.75) is 13.5 Å². The number of benzene rings is 1. The molecule has 4 rings (SSSR count). The van der Waals surface area contributed by atoms with Gasteiger partial charge in [-0.1, -0.05) is 17.7 Å². The van der Waals surface area contributed by atoms with E-state index in [-0.39, 0.29) is 27.8 Å². The average molecular weight is 487 g/mol. The number of fused-ring (bicyclic) bond motifs is 1. The minimum absolute atomic E-state index is 0.0680. The molecule has 170 valence electrons. The van der Waals surface area contributed by atoms with Crippen molar-refractivity contribution >= 4 is 39.1 Å². The number of rotatable bonds is 6.